The summed E-state index contributed by atoms with van der Waals surface area (Å²) in [6.45, 7) is 7.93. The van der Waals surface area contributed by atoms with Gasteiger partial charge in [-0.25, -0.2) is 9.97 Å². The van der Waals surface area contributed by atoms with Crippen LogP contribution >= 0.6 is 0 Å². The number of hydrogen-bond acceptors (Lipinski definition) is 4. The van der Waals surface area contributed by atoms with E-state index in [0.29, 0.717) is 0 Å². The number of nitrogens with one attached hydrogen (secondary N) is 1. The van der Waals surface area contributed by atoms with Gasteiger partial charge in [-0.2, -0.15) is 0 Å². The molecule has 0 bridgehead atoms. The first kappa shape index (κ1) is 12.7. The van der Waals surface area contributed by atoms with Crippen molar-refractivity contribution in [3.63, 3.8) is 0 Å². The second-order valence-corrected chi connectivity index (χ2v) is 4.33. The Morgan fingerprint density at radius 1 is 1.17 bits per heavy atom. The highest BCUT2D eigenvalue weighted by Gasteiger charge is 2.05. The molecule has 0 saturated carbocycles. The highest BCUT2D eigenvalue weighted by Crippen LogP contribution is 2.10. The molecule has 2 aromatic rings. The van der Waals surface area contributed by atoms with Crippen molar-refractivity contribution in [2.24, 2.45) is 0 Å². The largest absolute Gasteiger partial charge is 0.311 e. The van der Waals surface area contributed by atoms with E-state index in [2.05, 4.69) is 27.2 Å². The maximum atomic E-state index is 4.42. The molecule has 96 valence electrons. The van der Waals surface area contributed by atoms with Crippen molar-refractivity contribution in [1.29, 1.82) is 0 Å². The summed E-state index contributed by atoms with van der Waals surface area (Å²) in [6.07, 6.45) is 6.51. The van der Waals surface area contributed by atoms with Crippen molar-refractivity contribution in [1.82, 2.24) is 24.8 Å². The van der Waals surface area contributed by atoms with Crippen LogP contribution in [-0.2, 0) is 6.54 Å². The third-order valence-corrected chi connectivity index (χ3v) is 2.92. The van der Waals surface area contributed by atoms with Gasteiger partial charge in [0.2, 0.25) is 0 Å². The summed E-state index contributed by atoms with van der Waals surface area (Å²) in [7, 11) is 0. The van der Waals surface area contributed by atoms with Crippen molar-refractivity contribution in [3.8, 4) is 5.82 Å². The maximum Gasteiger partial charge on any atom is 0.156 e. The number of hydrogen-bond donors (Lipinski definition) is 1. The molecule has 1 N–H and O–H groups in total. The van der Waals surface area contributed by atoms with E-state index in [4.69, 9.17) is 0 Å². The number of nitrogens with zero attached hydrogens (tertiary/aromatic N) is 4. The van der Waals surface area contributed by atoms with Gasteiger partial charge in [-0.1, -0.05) is 6.92 Å². The fraction of sp³-hybridized carbons (Fsp3) is 0.462. The molecule has 0 spiro atoms. The minimum Gasteiger partial charge on any atom is -0.311 e. The fourth-order valence-electron chi connectivity index (χ4n) is 1.69. The highest BCUT2D eigenvalue weighted by molar-refractivity contribution is 5.25. The Labute approximate surface area is 107 Å². The zero-order valence-corrected chi connectivity index (χ0v) is 11.1. The topological polar surface area (TPSA) is 55.6 Å². The smallest absolute Gasteiger partial charge is 0.156 e. The predicted octanol–water partition coefficient (Wildman–Crippen LogP) is 1.78. The summed E-state index contributed by atoms with van der Waals surface area (Å²) in [6, 6.07) is 0. The molecule has 0 aliphatic rings. The molecule has 2 heterocycles. The molecular formula is C13H19N5. The molecule has 0 aromatic carbocycles. The van der Waals surface area contributed by atoms with Crippen molar-refractivity contribution in [3.05, 3.63) is 35.8 Å². The Balaban J connectivity index is 2.10. The molecule has 0 unspecified atom stereocenters. The van der Waals surface area contributed by atoms with Gasteiger partial charge in [-0.3, -0.25) is 9.55 Å². The van der Waals surface area contributed by atoms with E-state index in [-0.39, 0.29) is 0 Å². The molecular weight excluding hydrogens is 226 g/mol. The van der Waals surface area contributed by atoms with E-state index in [1.165, 1.54) is 0 Å². The van der Waals surface area contributed by atoms with Crippen LogP contribution in [0.4, 0.5) is 0 Å². The summed E-state index contributed by atoms with van der Waals surface area (Å²) >= 11 is 0. The van der Waals surface area contributed by atoms with E-state index < -0.39 is 0 Å². The molecule has 0 radical (unpaired) electrons. The number of aromatic nitrogens is 4. The molecule has 0 amide bonds. The average molecular weight is 245 g/mol. The van der Waals surface area contributed by atoms with Gasteiger partial charge in [0.1, 0.15) is 6.33 Å². The second kappa shape index (κ2) is 5.73. The summed E-state index contributed by atoms with van der Waals surface area (Å²) < 4.78 is 1.95. The molecule has 0 fully saturated rings. The predicted molar refractivity (Wildman–Crippen MR) is 70.6 cm³/mol. The molecule has 2 aromatic heterocycles. The Kier molecular flexibility index (Phi) is 4.04. The zero-order chi connectivity index (χ0) is 13.0. The van der Waals surface area contributed by atoms with Crippen LogP contribution in [0.25, 0.3) is 5.82 Å². The third-order valence-electron chi connectivity index (χ3n) is 2.92. The molecule has 0 saturated heterocycles. The van der Waals surface area contributed by atoms with Gasteiger partial charge in [-0.15, -0.1) is 0 Å². The van der Waals surface area contributed by atoms with Crippen LogP contribution in [0.3, 0.4) is 0 Å². The standard InChI is InChI=1S/C13H19N5/c1-4-5-14-6-12-7-16-13(8-15-12)18-9-17-10(2)11(18)3/h7-9,14H,4-6H2,1-3H3. The van der Waals surface area contributed by atoms with E-state index in [0.717, 1.165) is 42.4 Å². The van der Waals surface area contributed by atoms with Crippen LogP contribution in [0, 0.1) is 13.8 Å². The van der Waals surface area contributed by atoms with Crippen LogP contribution < -0.4 is 5.32 Å². The molecule has 5 heteroatoms. The first-order valence-corrected chi connectivity index (χ1v) is 6.25. The van der Waals surface area contributed by atoms with Crippen molar-refractivity contribution in [2.45, 2.75) is 33.7 Å². The molecule has 5 nitrogen and oxygen atoms in total. The third kappa shape index (κ3) is 2.73. The molecule has 2 rings (SSSR count). The molecule has 18 heavy (non-hydrogen) atoms. The Morgan fingerprint density at radius 2 is 2.00 bits per heavy atom. The second-order valence-electron chi connectivity index (χ2n) is 4.33. The Hall–Kier alpha value is -1.75. The molecule has 0 aliphatic heterocycles. The van der Waals surface area contributed by atoms with Crippen molar-refractivity contribution < 1.29 is 0 Å². The van der Waals surface area contributed by atoms with E-state index in [9.17, 15) is 0 Å². The highest BCUT2D eigenvalue weighted by atomic mass is 15.1. The van der Waals surface area contributed by atoms with Gasteiger partial charge in [0.15, 0.2) is 5.82 Å². The lowest BCUT2D eigenvalue weighted by molar-refractivity contribution is 0.661. The lowest BCUT2D eigenvalue weighted by Gasteiger charge is -2.06. The molecule has 0 aliphatic carbocycles. The minimum absolute atomic E-state index is 0.767. The summed E-state index contributed by atoms with van der Waals surface area (Å²) in [5, 5.41) is 3.30. The van der Waals surface area contributed by atoms with Gasteiger partial charge in [0, 0.05) is 12.2 Å². The van der Waals surface area contributed by atoms with Gasteiger partial charge in [-0.05, 0) is 26.8 Å². The summed E-state index contributed by atoms with van der Waals surface area (Å²) in [5.74, 6) is 0.812. The maximum absolute atomic E-state index is 4.42. The zero-order valence-electron chi connectivity index (χ0n) is 11.1. The van der Waals surface area contributed by atoms with E-state index in [1.807, 2.05) is 24.6 Å². The number of imidazole rings is 1. The molecule has 0 atom stereocenters. The first-order valence-electron chi connectivity index (χ1n) is 6.25. The van der Waals surface area contributed by atoms with Crippen LogP contribution in [0.2, 0.25) is 0 Å². The average Bonchev–Trinajstić information content (AvgIpc) is 2.72. The van der Waals surface area contributed by atoms with Crippen molar-refractivity contribution in [2.75, 3.05) is 6.54 Å². The first-order chi connectivity index (χ1) is 8.72. The van der Waals surface area contributed by atoms with Gasteiger partial charge >= 0.3 is 0 Å². The minimum atomic E-state index is 0.767. The Bertz CT molecular complexity index is 501. The number of aryl methyl sites for hydroxylation is 1. The quantitative estimate of drug-likeness (QED) is 0.816. The number of rotatable bonds is 5. The van der Waals surface area contributed by atoms with Gasteiger partial charge in [0.25, 0.3) is 0 Å². The van der Waals surface area contributed by atoms with Crippen LogP contribution in [0.15, 0.2) is 18.7 Å². The summed E-state index contributed by atoms with van der Waals surface area (Å²) in [4.78, 5) is 13.1. The van der Waals surface area contributed by atoms with Crippen molar-refractivity contribution >= 4 is 0 Å². The van der Waals surface area contributed by atoms with Gasteiger partial charge in [0.05, 0.1) is 23.8 Å². The van der Waals surface area contributed by atoms with Crippen LogP contribution in [0.5, 0.6) is 0 Å². The monoisotopic (exact) mass is 245 g/mol. The van der Waals surface area contributed by atoms with Gasteiger partial charge < -0.3 is 5.32 Å². The fourth-order valence-corrected chi connectivity index (χ4v) is 1.69. The van der Waals surface area contributed by atoms with E-state index >= 15 is 0 Å². The summed E-state index contributed by atoms with van der Waals surface area (Å²) in [5.41, 5.74) is 3.08. The lowest BCUT2D eigenvalue weighted by atomic mass is 10.4. The Morgan fingerprint density at radius 3 is 2.56 bits per heavy atom. The van der Waals surface area contributed by atoms with Crippen LogP contribution in [0.1, 0.15) is 30.4 Å². The SMILES string of the molecule is CCCNCc1cnc(-n2cnc(C)c2C)cn1. The van der Waals surface area contributed by atoms with E-state index in [1.54, 1.807) is 12.5 Å². The lowest BCUT2D eigenvalue weighted by Crippen LogP contribution is -2.15. The van der Waals surface area contributed by atoms with Crippen LogP contribution in [-0.4, -0.2) is 26.1 Å². The normalized spacial score (nSPS) is 10.8.